The Kier molecular flexibility index (Phi) is 6.44. The molecule has 0 aromatic heterocycles. The number of halogens is 1. The van der Waals surface area contributed by atoms with Crippen LogP contribution in [0.25, 0.3) is 0 Å². The van der Waals surface area contributed by atoms with E-state index >= 15 is 0 Å². The summed E-state index contributed by atoms with van der Waals surface area (Å²) in [5.41, 5.74) is 1.74. The maximum atomic E-state index is 12.7. The summed E-state index contributed by atoms with van der Waals surface area (Å²) in [6.45, 7) is 3.96. The third-order valence-corrected chi connectivity index (χ3v) is 5.79. The first kappa shape index (κ1) is 19.8. The Hall–Kier alpha value is -1.99. The topological polar surface area (TPSA) is 67.4 Å². The molecule has 2 atom stereocenters. The summed E-state index contributed by atoms with van der Waals surface area (Å²) in [6, 6.07) is 13.3. The number of ether oxygens (including phenoxy) is 1. The van der Waals surface area contributed by atoms with Crippen molar-refractivity contribution in [2.24, 2.45) is 0 Å². The number of thioether (sulfide) groups is 1. The van der Waals surface area contributed by atoms with Crippen LogP contribution in [0.1, 0.15) is 31.9 Å². The number of nitrogens with one attached hydrogen (secondary N) is 2. The molecule has 2 amide bonds. The molecule has 3 rings (SSSR count). The van der Waals surface area contributed by atoms with E-state index < -0.39 is 0 Å². The lowest BCUT2D eigenvalue weighted by Crippen LogP contribution is -2.36. The molecule has 1 aliphatic heterocycles. The van der Waals surface area contributed by atoms with E-state index in [0.717, 1.165) is 32.8 Å². The molecule has 0 radical (unpaired) electrons. The van der Waals surface area contributed by atoms with Crippen molar-refractivity contribution in [3.05, 3.63) is 52.5 Å². The lowest BCUT2D eigenvalue weighted by atomic mass is 10.0. The highest BCUT2D eigenvalue weighted by molar-refractivity contribution is 9.10. The maximum Gasteiger partial charge on any atom is 0.233 e. The van der Waals surface area contributed by atoms with E-state index in [1.807, 2.05) is 49.4 Å². The lowest BCUT2D eigenvalue weighted by Gasteiger charge is -2.28. The van der Waals surface area contributed by atoms with Gasteiger partial charge in [0.15, 0.2) is 0 Å². The molecule has 2 unspecified atom stereocenters. The van der Waals surface area contributed by atoms with Crippen molar-refractivity contribution in [3.8, 4) is 5.75 Å². The normalized spacial score (nSPS) is 16.6. The number of rotatable bonds is 5. The van der Waals surface area contributed by atoms with Gasteiger partial charge < -0.3 is 15.4 Å². The number of anilines is 1. The molecule has 0 spiro atoms. The van der Waals surface area contributed by atoms with Gasteiger partial charge in [-0.3, -0.25) is 9.59 Å². The van der Waals surface area contributed by atoms with Crippen LogP contribution in [-0.4, -0.2) is 23.7 Å². The van der Waals surface area contributed by atoms with Gasteiger partial charge >= 0.3 is 0 Å². The molecule has 0 aliphatic carbocycles. The Labute approximate surface area is 171 Å². The molecular formula is C20H21BrN2O3S. The Morgan fingerprint density at radius 1 is 1.22 bits per heavy atom. The lowest BCUT2D eigenvalue weighted by molar-refractivity contribution is -0.121. The van der Waals surface area contributed by atoms with E-state index in [0.29, 0.717) is 6.61 Å². The van der Waals surface area contributed by atoms with Gasteiger partial charge in [-0.1, -0.05) is 15.9 Å². The second-order valence-corrected chi connectivity index (χ2v) is 8.68. The first-order valence-corrected chi connectivity index (χ1v) is 10.4. The van der Waals surface area contributed by atoms with Crippen molar-refractivity contribution >= 4 is 45.2 Å². The molecule has 2 aromatic carbocycles. The predicted octanol–water partition coefficient (Wildman–Crippen LogP) is 4.53. The molecule has 0 saturated heterocycles. The number of fused-ring (bicyclic) bond motifs is 1. The summed E-state index contributed by atoms with van der Waals surface area (Å²) < 4.78 is 6.64. The zero-order chi connectivity index (χ0) is 19.4. The van der Waals surface area contributed by atoms with Gasteiger partial charge in [-0.15, -0.1) is 11.8 Å². The highest BCUT2D eigenvalue weighted by atomic mass is 79.9. The number of amides is 2. The maximum absolute atomic E-state index is 12.7. The molecule has 0 saturated carbocycles. The Morgan fingerprint density at radius 3 is 2.67 bits per heavy atom. The van der Waals surface area contributed by atoms with Gasteiger partial charge in [-0.2, -0.15) is 0 Å². The van der Waals surface area contributed by atoms with Gasteiger partial charge in [-0.25, -0.2) is 0 Å². The fourth-order valence-electron chi connectivity index (χ4n) is 2.88. The number of hydrogen-bond acceptors (Lipinski definition) is 4. The van der Waals surface area contributed by atoms with Crippen molar-refractivity contribution < 1.29 is 14.3 Å². The molecule has 1 aliphatic rings. The summed E-state index contributed by atoms with van der Waals surface area (Å²) >= 11 is 4.97. The van der Waals surface area contributed by atoms with Gasteiger partial charge in [0.05, 0.1) is 17.9 Å². The van der Waals surface area contributed by atoms with Gasteiger partial charge in [0.1, 0.15) is 5.75 Å². The van der Waals surface area contributed by atoms with Crippen LogP contribution in [0.3, 0.4) is 0 Å². The van der Waals surface area contributed by atoms with Crippen LogP contribution in [0, 0.1) is 0 Å². The Balaban J connectivity index is 1.62. The zero-order valence-corrected chi connectivity index (χ0v) is 17.5. The van der Waals surface area contributed by atoms with E-state index in [4.69, 9.17) is 4.74 Å². The number of benzene rings is 2. The van der Waals surface area contributed by atoms with Crippen LogP contribution in [0.15, 0.2) is 51.8 Å². The van der Waals surface area contributed by atoms with Crippen LogP contribution in [0.5, 0.6) is 5.75 Å². The average molecular weight is 449 g/mol. The monoisotopic (exact) mass is 448 g/mol. The fourth-order valence-corrected chi connectivity index (χ4v) is 4.14. The van der Waals surface area contributed by atoms with Crippen molar-refractivity contribution in [1.29, 1.82) is 0 Å². The van der Waals surface area contributed by atoms with Gasteiger partial charge in [0.25, 0.3) is 0 Å². The number of hydrogen-bond donors (Lipinski definition) is 2. The molecule has 7 heteroatoms. The highest BCUT2D eigenvalue weighted by Crippen LogP contribution is 2.34. The van der Waals surface area contributed by atoms with Gasteiger partial charge in [0.2, 0.25) is 11.8 Å². The second-order valence-electron chi connectivity index (χ2n) is 6.35. The van der Waals surface area contributed by atoms with Crippen molar-refractivity contribution in [1.82, 2.24) is 5.32 Å². The molecule has 1 heterocycles. The summed E-state index contributed by atoms with van der Waals surface area (Å²) in [5.74, 6) is 0.707. The quantitative estimate of drug-likeness (QED) is 0.659. The van der Waals surface area contributed by atoms with Crippen LogP contribution in [0.4, 0.5) is 5.69 Å². The molecular weight excluding hydrogens is 428 g/mol. The predicted molar refractivity (Wildman–Crippen MR) is 111 cm³/mol. The molecule has 2 N–H and O–H groups in total. The van der Waals surface area contributed by atoms with E-state index in [1.165, 1.54) is 18.7 Å². The largest absolute Gasteiger partial charge is 0.493 e. The van der Waals surface area contributed by atoms with Crippen LogP contribution < -0.4 is 15.4 Å². The van der Waals surface area contributed by atoms with Crippen molar-refractivity contribution in [3.63, 3.8) is 0 Å². The highest BCUT2D eigenvalue weighted by Gasteiger charge is 2.25. The average Bonchev–Trinajstić information content (AvgIpc) is 2.63. The molecule has 27 heavy (non-hydrogen) atoms. The first-order chi connectivity index (χ1) is 12.9. The third-order valence-electron chi connectivity index (χ3n) is 4.18. The molecule has 2 aromatic rings. The minimum Gasteiger partial charge on any atom is -0.493 e. The second kappa shape index (κ2) is 8.80. The van der Waals surface area contributed by atoms with Crippen LogP contribution >= 0.6 is 27.7 Å². The summed E-state index contributed by atoms with van der Waals surface area (Å²) in [5, 5.41) is 5.63. The third kappa shape index (κ3) is 5.26. The van der Waals surface area contributed by atoms with E-state index in [9.17, 15) is 9.59 Å². The molecule has 142 valence electrons. The fraction of sp³-hybridized carbons (Fsp3) is 0.300. The number of carbonyl (C=O) groups excluding carboxylic acids is 2. The summed E-state index contributed by atoms with van der Waals surface area (Å²) in [6.07, 6.45) is 0.748. The SMILES string of the molecule is CC(=O)Nc1ccc(SC(C)C(=O)NC2CCOc3ccc(Br)cc32)cc1. The van der Waals surface area contributed by atoms with Crippen molar-refractivity contribution in [2.75, 3.05) is 11.9 Å². The van der Waals surface area contributed by atoms with E-state index in [-0.39, 0.29) is 23.1 Å². The number of carbonyl (C=O) groups is 2. The summed E-state index contributed by atoms with van der Waals surface area (Å²) in [4.78, 5) is 24.7. The smallest absolute Gasteiger partial charge is 0.233 e. The Bertz CT molecular complexity index is 842. The van der Waals surface area contributed by atoms with E-state index in [1.54, 1.807) is 0 Å². The minimum atomic E-state index is -0.241. The van der Waals surface area contributed by atoms with Crippen LogP contribution in [0.2, 0.25) is 0 Å². The van der Waals surface area contributed by atoms with Crippen LogP contribution in [-0.2, 0) is 9.59 Å². The Morgan fingerprint density at radius 2 is 1.96 bits per heavy atom. The zero-order valence-electron chi connectivity index (χ0n) is 15.1. The standard InChI is InChI=1S/C20H21BrN2O3S/c1-12(27-16-6-4-15(5-7-16)22-13(2)24)20(25)23-18-9-10-26-19-8-3-14(21)11-17(18)19/h3-8,11-12,18H,9-10H2,1-2H3,(H,22,24)(H,23,25). The minimum absolute atomic E-state index is 0.0104. The molecule has 5 nitrogen and oxygen atoms in total. The molecule has 0 fully saturated rings. The van der Waals surface area contributed by atoms with Gasteiger partial charge in [-0.05, 0) is 49.4 Å². The summed E-state index contributed by atoms with van der Waals surface area (Å²) in [7, 11) is 0. The van der Waals surface area contributed by atoms with Crippen molar-refractivity contribution in [2.45, 2.75) is 36.5 Å². The van der Waals surface area contributed by atoms with E-state index in [2.05, 4.69) is 26.6 Å². The first-order valence-electron chi connectivity index (χ1n) is 8.69. The van der Waals surface area contributed by atoms with Gasteiger partial charge in [0, 0.05) is 34.0 Å². The molecule has 0 bridgehead atoms.